The number of hydrogen-bond acceptors (Lipinski definition) is 4. The Labute approximate surface area is 103 Å². The van der Waals surface area contributed by atoms with Crippen LogP contribution < -0.4 is 5.32 Å². The van der Waals surface area contributed by atoms with E-state index in [1.54, 1.807) is 13.0 Å². The molecule has 0 aliphatic heterocycles. The first-order valence-corrected chi connectivity index (χ1v) is 5.12. The van der Waals surface area contributed by atoms with E-state index in [1.165, 1.54) is 19.1 Å². The van der Waals surface area contributed by atoms with Crippen LogP contribution in [0.4, 0.5) is 5.69 Å². The third-order valence-corrected chi connectivity index (χ3v) is 2.39. The molecule has 0 saturated carbocycles. The molecule has 0 aliphatic carbocycles. The van der Waals surface area contributed by atoms with E-state index >= 15 is 0 Å². The minimum atomic E-state index is -1.21. The van der Waals surface area contributed by atoms with Crippen LogP contribution in [0.5, 0.6) is 0 Å². The van der Waals surface area contributed by atoms with E-state index in [0.717, 1.165) is 0 Å². The van der Waals surface area contributed by atoms with Crippen LogP contribution in [0.3, 0.4) is 0 Å². The van der Waals surface area contributed by atoms with Crippen LogP contribution in [0.25, 0.3) is 0 Å². The summed E-state index contributed by atoms with van der Waals surface area (Å²) >= 11 is 0. The summed E-state index contributed by atoms with van der Waals surface area (Å²) in [6.07, 6.45) is 0. The zero-order valence-electron chi connectivity index (χ0n) is 9.84. The van der Waals surface area contributed by atoms with Crippen molar-refractivity contribution in [2.24, 2.45) is 0 Å². The van der Waals surface area contributed by atoms with Crippen molar-refractivity contribution in [1.29, 1.82) is 0 Å². The summed E-state index contributed by atoms with van der Waals surface area (Å²) in [6, 6.07) is 3.10. The maximum Gasteiger partial charge on any atom is 0.325 e. The number of amides is 1. The molecule has 0 radical (unpaired) electrons. The van der Waals surface area contributed by atoms with Crippen molar-refractivity contribution in [3.63, 3.8) is 0 Å². The van der Waals surface area contributed by atoms with E-state index in [4.69, 9.17) is 5.11 Å². The molecule has 1 atom stereocenters. The first-order valence-electron chi connectivity index (χ1n) is 5.12. The minimum Gasteiger partial charge on any atom is -0.480 e. The molecule has 1 aromatic carbocycles. The number of aryl methyl sites for hydroxylation is 1. The van der Waals surface area contributed by atoms with E-state index in [1.807, 2.05) is 0 Å². The highest BCUT2D eigenvalue weighted by atomic mass is 16.6. The zero-order valence-corrected chi connectivity index (χ0v) is 9.84. The van der Waals surface area contributed by atoms with Crippen molar-refractivity contribution in [3.8, 4) is 0 Å². The van der Waals surface area contributed by atoms with Crippen molar-refractivity contribution in [1.82, 2.24) is 5.32 Å². The number of aliphatic carboxylic acids is 1. The molecule has 0 bridgehead atoms. The topological polar surface area (TPSA) is 110 Å². The monoisotopic (exact) mass is 252 g/mol. The van der Waals surface area contributed by atoms with Gasteiger partial charge in [-0.2, -0.15) is 0 Å². The van der Waals surface area contributed by atoms with Crippen molar-refractivity contribution in [2.45, 2.75) is 19.9 Å². The summed E-state index contributed by atoms with van der Waals surface area (Å²) in [7, 11) is 0. The number of hydrogen-bond donors (Lipinski definition) is 2. The Balaban J connectivity index is 3.12. The average Bonchev–Trinajstić information content (AvgIpc) is 2.27. The fraction of sp³-hybridized carbons (Fsp3) is 0.273. The van der Waals surface area contributed by atoms with Crippen LogP contribution >= 0.6 is 0 Å². The van der Waals surface area contributed by atoms with Crippen molar-refractivity contribution >= 4 is 17.6 Å². The second kappa shape index (κ2) is 5.26. The number of nitro groups is 1. The van der Waals surface area contributed by atoms with Gasteiger partial charge in [0.25, 0.3) is 11.6 Å². The van der Waals surface area contributed by atoms with Gasteiger partial charge in [-0.3, -0.25) is 19.7 Å². The van der Waals surface area contributed by atoms with Crippen molar-refractivity contribution in [3.05, 3.63) is 39.4 Å². The quantitative estimate of drug-likeness (QED) is 0.616. The van der Waals surface area contributed by atoms with Gasteiger partial charge in [0.1, 0.15) is 11.6 Å². The molecule has 0 spiro atoms. The molecule has 0 fully saturated rings. The average molecular weight is 252 g/mol. The van der Waals surface area contributed by atoms with Gasteiger partial charge >= 0.3 is 5.97 Å². The summed E-state index contributed by atoms with van der Waals surface area (Å²) in [5.74, 6) is -1.98. The minimum absolute atomic E-state index is 0.115. The number of nitrogens with zero attached hydrogens (tertiary/aromatic N) is 1. The Morgan fingerprint density at radius 1 is 1.44 bits per heavy atom. The predicted octanol–water partition coefficient (Wildman–Crippen LogP) is 1.11. The van der Waals surface area contributed by atoms with E-state index < -0.39 is 22.8 Å². The van der Waals surface area contributed by atoms with Gasteiger partial charge in [-0.25, -0.2) is 0 Å². The highest BCUT2D eigenvalue weighted by Crippen LogP contribution is 2.21. The van der Waals surface area contributed by atoms with Crippen LogP contribution in [-0.2, 0) is 4.79 Å². The van der Waals surface area contributed by atoms with Gasteiger partial charge in [0.05, 0.1) is 4.92 Å². The van der Waals surface area contributed by atoms with Crippen LogP contribution in [0.1, 0.15) is 22.8 Å². The standard InChI is InChI=1S/C11H12N2O5/c1-6-4-3-5-8(13(17)18)9(6)10(14)12-7(2)11(15)16/h3-5,7H,1-2H3,(H,12,14)(H,15,16)/t7-/m0/s1. The smallest absolute Gasteiger partial charge is 0.325 e. The van der Waals surface area contributed by atoms with Crippen molar-refractivity contribution in [2.75, 3.05) is 0 Å². The van der Waals surface area contributed by atoms with Crippen molar-refractivity contribution < 1.29 is 19.6 Å². The lowest BCUT2D eigenvalue weighted by molar-refractivity contribution is -0.385. The summed E-state index contributed by atoms with van der Waals surface area (Å²) < 4.78 is 0. The second-order valence-electron chi connectivity index (χ2n) is 3.76. The normalized spacial score (nSPS) is 11.7. The summed E-state index contributed by atoms with van der Waals surface area (Å²) in [5, 5.41) is 21.7. The second-order valence-corrected chi connectivity index (χ2v) is 3.76. The number of benzene rings is 1. The van der Waals surface area contributed by atoms with Crippen LogP contribution in [0.2, 0.25) is 0 Å². The van der Waals surface area contributed by atoms with E-state index in [2.05, 4.69) is 5.32 Å². The molecule has 1 amide bonds. The molecule has 96 valence electrons. The molecule has 1 rings (SSSR count). The molecule has 1 aromatic rings. The van der Waals surface area contributed by atoms with Crippen LogP contribution in [-0.4, -0.2) is 27.9 Å². The SMILES string of the molecule is Cc1cccc([N+](=O)[O-])c1C(=O)N[C@@H](C)C(=O)O. The highest BCUT2D eigenvalue weighted by Gasteiger charge is 2.24. The lowest BCUT2D eigenvalue weighted by Crippen LogP contribution is -2.38. The van der Waals surface area contributed by atoms with E-state index in [9.17, 15) is 19.7 Å². The number of carbonyl (C=O) groups is 2. The highest BCUT2D eigenvalue weighted by molar-refractivity contribution is 6.01. The fourth-order valence-electron chi connectivity index (χ4n) is 1.43. The van der Waals surface area contributed by atoms with Crippen LogP contribution in [0.15, 0.2) is 18.2 Å². The number of nitrogens with one attached hydrogen (secondary N) is 1. The molecule has 18 heavy (non-hydrogen) atoms. The van der Waals surface area contributed by atoms with Gasteiger partial charge in [-0.15, -0.1) is 0 Å². The lowest BCUT2D eigenvalue weighted by Gasteiger charge is -2.11. The number of nitro benzene ring substituents is 1. The summed E-state index contributed by atoms with van der Waals surface area (Å²) in [5.41, 5.74) is -0.0417. The van der Waals surface area contributed by atoms with E-state index in [0.29, 0.717) is 5.56 Å². The molecule has 0 saturated heterocycles. The van der Waals surface area contributed by atoms with Gasteiger partial charge < -0.3 is 10.4 Å². The number of rotatable bonds is 4. The van der Waals surface area contributed by atoms with Gasteiger partial charge in [0, 0.05) is 6.07 Å². The molecule has 0 heterocycles. The maximum atomic E-state index is 11.8. The van der Waals surface area contributed by atoms with Crippen LogP contribution in [0, 0.1) is 17.0 Å². The Kier molecular flexibility index (Phi) is 3.98. The fourth-order valence-corrected chi connectivity index (χ4v) is 1.43. The van der Waals surface area contributed by atoms with Gasteiger partial charge in [-0.05, 0) is 19.4 Å². The Morgan fingerprint density at radius 2 is 2.06 bits per heavy atom. The summed E-state index contributed by atoms with van der Waals surface area (Å²) in [4.78, 5) is 32.6. The number of carbonyl (C=O) groups excluding carboxylic acids is 1. The first-order chi connectivity index (χ1) is 8.34. The first kappa shape index (κ1) is 13.6. The zero-order chi connectivity index (χ0) is 13.9. The molecular formula is C11H12N2O5. The van der Waals surface area contributed by atoms with Gasteiger partial charge in [0.2, 0.25) is 0 Å². The van der Waals surface area contributed by atoms with Gasteiger partial charge in [0.15, 0.2) is 0 Å². The maximum absolute atomic E-state index is 11.8. The lowest BCUT2D eigenvalue weighted by atomic mass is 10.1. The Morgan fingerprint density at radius 3 is 2.56 bits per heavy atom. The Bertz CT molecular complexity index is 512. The predicted molar refractivity (Wildman–Crippen MR) is 62.4 cm³/mol. The molecule has 0 aliphatic rings. The molecule has 0 aromatic heterocycles. The van der Waals surface area contributed by atoms with Gasteiger partial charge in [-0.1, -0.05) is 12.1 Å². The third kappa shape index (κ3) is 2.82. The number of carboxylic acid groups (broad SMARTS) is 1. The molecular weight excluding hydrogens is 240 g/mol. The third-order valence-electron chi connectivity index (χ3n) is 2.39. The molecule has 7 nitrogen and oxygen atoms in total. The molecule has 2 N–H and O–H groups in total. The number of carboxylic acids is 1. The molecule has 0 unspecified atom stereocenters. The van der Waals surface area contributed by atoms with E-state index in [-0.39, 0.29) is 11.3 Å². The summed E-state index contributed by atoms with van der Waals surface area (Å²) in [6.45, 7) is 2.83. The largest absolute Gasteiger partial charge is 0.480 e. The Hall–Kier alpha value is -2.44. The molecule has 7 heteroatoms.